The summed E-state index contributed by atoms with van der Waals surface area (Å²) in [4.78, 5) is 29.7. The third-order valence-corrected chi connectivity index (χ3v) is 5.57. The number of rotatable bonds is 9. The molecule has 3 rings (SSSR count). The number of benzene rings is 2. The summed E-state index contributed by atoms with van der Waals surface area (Å²) < 4.78 is 0.969. The van der Waals surface area contributed by atoms with Crippen LogP contribution in [-0.2, 0) is 6.54 Å². The Morgan fingerprint density at radius 1 is 1.07 bits per heavy atom. The number of hydrogen-bond donors (Lipinski definition) is 2. The topological polar surface area (TPSA) is 96.5 Å². The van der Waals surface area contributed by atoms with E-state index in [0.717, 1.165) is 15.8 Å². The number of hydrogen-bond acceptors (Lipinski definition) is 5. The second-order valence-electron chi connectivity index (χ2n) is 6.64. The summed E-state index contributed by atoms with van der Waals surface area (Å²) in [6, 6.07) is 16.5. The third kappa shape index (κ3) is 5.15. The van der Waals surface area contributed by atoms with Gasteiger partial charge in [-0.3, -0.25) is 4.79 Å². The van der Waals surface area contributed by atoms with E-state index in [4.69, 9.17) is 5.73 Å². The molecule has 3 N–H and O–H groups in total. The Kier molecular flexibility index (Phi) is 6.73. The Bertz CT molecular complexity index is 909. The molecule has 0 aliphatic carbocycles. The summed E-state index contributed by atoms with van der Waals surface area (Å²) in [5.41, 5.74) is 7.82. The SMILES string of the molecule is N[C@@H](CCCCN(Cc1ccccc1)C(=O)O)C(=O)c1nc2ccccc2s1. The molecule has 2 aromatic carbocycles. The van der Waals surface area contributed by atoms with Crippen LogP contribution in [0, 0.1) is 0 Å². The maximum absolute atomic E-state index is 12.5. The molecule has 0 radical (unpaired) electrons. The van der Waals surface area contributed by atoms with Gasteiger partial charge in [0, 0.05) is 13.1 Å². The van der Waals surface area contributed by atoms with Crippen LogP contribution in [0.2, 0.25) is 0 Å². The Morgan fingerprint density at radius 3 is 2.50 bits per heavy atom. The van der Waals surface area contributed by atoms with Crippen molar-refractivity contribution < 1.29 is 14.7 Å². The molecule has 3 aromatic rings. The lowest BCUT2D eigenvalue weighted by atomic mass is 10.1. The zero-order chi connectivity index (χ0) is 19.9. The van der Waals surface area contributed by atoms with Gasteiger partial charge in [0.15, 0.2) is 5.01 Å². The van der Waals surface area contributed by atoms with Gasteiger partial charge in [-0.25, -0.2) is 9.78 Å². The molecule has 0 fully saturated rings. The molecule has 0 unspecified atom stereocenters. The highest BCUT2D eigenvalue weighted by Crippen LogP contribution is 2.23. The molecular formula is C21H23N3O3S. The number of unbranched alkanes of at least 4 members (excludes halogenated alkanes) is 1. The van der Waals surface area contributed by atoms with Crippen LogP contribution in [0.15, 0.2) is 54.6 Å². The molecule has 0 saturated heterocycles. The number of nitrogens with two attached hydrogens (primary N) is 1. The number of nitrogens with zero attached hydrogens (tertiary/aromatic N) is 2. The largest absolute Gasteiger partial charge is 0.465 e. The lowest BCUT2D eigenvalue weighted by molar-refractivity contribution is 0.0954. The highest BCUT2D eigenvalue weighted by molar-refractivity contribution is 7.20. The molecule has 0 aliphatic heterocycles. The minimum atomic E-state index is -0.946. The number of fused-ring (bicyclic) bond motifs is 1. The molecule has 1 heterocycles. The number of thiazole rings is 1. The normalized spacial score (nSPS) is 12.0. The first-order valence-corrected chi connectivity index (χ1v) is 10.0. The second kappa shape index (κ2) is 9.43. The average molecular weight is 398 g/mol. The van der Waals surface area contributed by atoms with E-state index >= 15 is 0 Å². The zero-order valence-electron chi connectivity index (χ0n) is 15.5. The summed E-state index contributed by atoms with van der Waals surface area (Å²) >= 11 is 1.36. The summed E-state index contributed by atoms with van der Waals surface area (Å²) in [5.74, 6) is -0.152. The minimum absolute atomic E-state index is 0.152. The Labute approximate surface area is 167 Å². The molecule has 0 aliphatic rings. The van der Waals surface area contributed by atoms with Crippen LogP contribution in [0.1, 0.15) is 34.6 Å². The van der Waals surface area contributed by atoms with E-state index in [1.807, 2.05) is 54.6 Å². The summed E-state index contributed by atoms with van der Waals surface area (Å²) in [6.07, 6.45) is 0.892. The Balaban J connectivity index is 1.47. The number of amides is 1. The van der Waals surface area contributed by atoms with Gasteiger partial charge in [-0.15, -0.1) is 11.3 Å². The van der Waals surface area contributed by atoms with Crippen molar-refractivity contribution in [2.45, 2.75) is 31.8 Å². The van der Waals surface area contributed by atoms with Gasteiger partial charge in [-0.2, -0.15) is 0 Å². The molecule has 1 amide bonds. The lowest BCUT2D eigenvalue weighted by Gasteiger charge is -2.19. The average Bonchev–Trinajstić information content (AvgIpc) is 3.14. The quantitative estimate of drug-likeness (QED) is 0.417. The molecule has 1 atom stereocenters. The van der Waals surface area contributed by atoms with Crippen LogP contribution in [-0.4, -0.2) is 39.5 Å². The fourth-order valence-corrected chi connectivity index (χ4v) is 3.95. The van der Waals surface area contributed by atoms with Gasteiger partial charge in [0.25, 0.3) is 0 Å². The highest BCUT2D eigenvalue weighted by atomic mass is 32.1. The highest BCUT2D eigenvalue weighted by Gasteiger charge is 2.20. The van der Waals surface area contributed by atoms with E-state index < -0.39 is 12.1 Å². The van der Waals surface area contributed by atoms with Crippen LogP contribution < -0.4 is 5.73 Å². The number of aromatic nitrogens is 1. The molecule has 7 heteroatoms. The minimum Gasteiger partial charge on any atom is -0.465 e. The van der Waals surface area contributed by atoms with Crippen molar-refractivity contribution in [1.29, 1.82) is 0 Å². The molecule has 6 nitrogen and oxygen atoms in total. The third-order valence-electron chi connectivity index (χ3n) is 4.52. The maximum atomic E-state index is 12.5. The van der Waals surface area contributed by atoms with Crippen molar-refractivity contribution in [2.75, 3.05) is 6.54 Å². The molecule has 0 bridgehead atoms. The van der Waals surface area contributed by atoms with Crippen LogP contribution in [0.3, 0.4) is 0 Å². The Morgan fingerprint density at radius 2 is 1.79 bits per heavy atom. The molecular weight excluding hydrogens is 374 g/mol. The number of ketones is 1. The molecule has 0 saturated carbocycles. The molecule has 146 valence electrons. The fraction of sp³-hybridized carbons (Fsp3) is 0.286. The molecule has 28 heavy (non-hydrogen) atoms. The van der Waals surface area contributed by atoms with E-state index in [2.05, 4.69) is 4.98 Å². The Hall–Kier alpha value is -2.77. The van der Waals surface area contributed by atoms with Gasteiger partial charge >= 0.3 is 6.09 Å². The second-order valence-corrected chi connectivity index (χ2v) is 7.67. The number of carbonyl (C=O) groups excluding carboxylic acids is 1. The van der Waals surface area contributed by atoms with Gasteiger partial charge in [0.2, 0.25) is 5.78 Å². The molecule has 0 spiro atoms. The number of Topliss-reactive ketones (excluding diaryl/α,β-unsaturated/α-hetero) is 1. The summed E-state index contributed by atoms with van der Waals surface area (Å²) in [5, 5.41) is 9.82. The lowest BCUT2D eigenvalue weighted by Crippen LogP contribution is -2.32. The van der Waals surface area contributed by atoms with Crippen molar-refractivity contribution in [2.24, 2.45) is 5.73 Å². The predicted octanol–water partition coefficient (Wildman–Crippen LogP) is 4.16. The smallest absolute Gasteiger partial charge is 0.407 e. The van der Waals surface area contributed by atoms with Crippen LogP contribution in [0.5, 0.6) is 0 Å². The van der Waals surface area contributed by atoms with E-state index in [1.54, 1.807) is 0 Å². The summed E-state index contributed by atoms with van der Waals surface area (Å²) in [6.45, 7) is 0.763. The van der Waals surface area contributed by atoms with Gasteiger partial charge in [-0.1, -0.05) is 42.5 Å². The van der Waals surface area contributed by atoms with Gasteiger partial charge < -0.3 is 15.7 Å². The standard InChI is InChI=1S/C21H23N3O3S/c22-16(19(25)20-23-17-11-4-5-12-18(17)28-20)10-6-7-13-24(21(26)27)14-15-8-2-1-3-9-15/h1-5,8-9,11-12,16H,6-7,10,13-14,22H2,(H,26,27)/t16-/m0/s1. The van der Waals surface area contributed by atoms with Gasteiger partial charge in [-0.05, 0) is 37.0 Å². The fourth-order valence-electron chi connectivity index (χ4n) is 2.98. The van der Waals surface area contributed by atoms with E-state index in [9.17, 15) is 14.7 Å². The van der Waals surface area contributed by atoms with Crippen LogP contribution in [0.4, 0.5) is 4.79 Å². The first-order valence-electron chi connectivity index (χ1n) is 9.22. The zero-order valence-corrected chi connectivity index (χ0v) is 16.3. The summed E-state index contributed by atoms with van der Waals surface area (Å²) in [7, 11) is 0. The van der Waals surface area contributed by atoms with Gasteiger partial charge in [0.1, 0.15) is 0 Å². The predicted molar refractivity (Wildman–Crippen MR) is 111 cm³/mol. The number of carboxylic acid groups (broad SMARTS) is 1. The first kappa shape index (κ1) is 20.0. The monoisotopic (exact) mass is 397 g/mol. The van der Waals surface area contributed by atoms with Crippen molar-refractivity contribution in [3.63, 3.8) is 0 Å². The van der Waals surface area contributed by atoms with E-state index in [1.165, 1.54) is 16.2 Å². The van der Waals surface area contributed by atoms with Crippen molar-refractivity contribution in [3.05, 3.63) is 65.2 Å². The van der Waals surface area contributed by atoms with Gasteiger partial charge in [0.05, 0.1) is 16.3 Å². The van der Waals surface area contributed by atoms with E-state index in [-0.39, 0.29) is 5.78 Å². The van der Waals surface area contributed by atoms with E-state index in [0.29, 0.717) is 37.4 Å². The van der Waals surface area contributed by atoms with Crippen molar-refractivity contribution in [1.82, 2.24) is 9.88 Å². The molecule has 1 aromatic heterocycles. The van der Waals surface area contributed by atoms with Crippen molar-refractivity contribution in [3.8, 4) is 0 Å². The number of carbonyl (C=O) groups is 2. The van der Waals surface area contributed by atoms with Crippen molar-refractivity contribution >= 4 is 33.4 Å². The van der Waals surface area contributed by atoms with Crippen LogP contribution >= 0.6 is 11.3 Å². The maximum Gasteiger partial charge on any atom is 0.407 e. The number of para-hydroxylation sites is 1. The van der Waals surface area contributed by atoms with Crippen LogP contribution in [0.25, 0.3) is 10.2 Å². The first-order chi connectivity index (χ1) is 13.5.